The van der Waals surface area contributed by atoms with Crippen molar-refractivity contribution in [3.8, 4) is 11.3 Å². The SMILES string of the molecule is COC(=O)CC1CCC(c2ccc(-c3ccnc(Nc4ccc(C(F)(F)F)nc4)n3)cc2)CC1. The monoisotopic (exact) mass is 470 g/mol. The van der Waals surface area contributed by atoms with Gasteiger partial charge in [-0.2, -0.15) is 13.2 Å². The molecule has 1 saturated carbocycles. The molecule has 2 aromatic heterocycles. The van der Waals surface area contributed by atoms with E-state index < -0.39 is 11.9 Å². The lowest BCUT2D eigenvalue weighted by atomic mass is 9.77. The van der Waals surface area contributed by atoms with Crippen LogP contribution in [0.15, 0.2) is 54.9 Å². The Morgan fingerprint density at radius 3 is 2.38 bits per heavy atom. The molecular weight excluding hydrogens is 445 g/mol. The van der Waals surface area contributed by atoms with Crippen LogP contribution < -0.4 is 5.32 Å². The molecule has 1 aliphatic carbocycles. The highest BCUT2D eigenvalue weighted by Gasteiger charge is 2.32. The molecule has 0 aliphatic heterocycles. The molecule has 178 valence electrons. The fraction of sp³-hybridized carbons (Fsp3) is 0.360. The normalized spacial score (nSPS) is 18.4. The number of esters is 1. The van der Waals surface area contributed by atoms with Crippen molar-refractivity contribution in [3.63, 3.8) is 0 Å². The number of aromatic nitrogens is 3. The number of hydrogen-bond donors (Lipinski definition) is 1. The molecule has 4 rings (SSSR count). The van der Waals surface area contributed by atoms with Gasteiger partial charge in [0.2, 0.25) is 5.95 Å². The summed E-state index contributed by atoms with van der Waals surface area (Å²) in [5.74, 6) is 1.00. The number of anilines is 2. The van der Waals surface area contributed by atoms with Crippen molar-refractivity contribution < 1.29 is 22.7 Å². The van der Waals surface area contributed by atoms with E-state index in [2.05, 4.69) is 32.4 Å². The molecule has 0 saturated heterocycles. The van der Waals surface area contributed by atoms with Gasteiger partial charge < -0.3 is 10.1 Å². The number of alkyl halides is 3. The third-order valence-electron chi connectivity index (χ3n) is 6.17. The number of halogens is 3. The van der Waals surface area contributed by atoms with Gasteiger partial charge in [-0.3, -0.25) is 4.79 Å². The Labute approximate surface area is 195 Å². The molecule has 3 aromatic rings. The van der Waals surface area contributed by atoms with Crippen LogP contribution in [-0.4, -0.2) is 28.0 Å². The number of pyridine rings is 1. The number of ether oxygens (including phenoxy) is 1. The molecule has 1 fully saturated rings. The Morgan fingerprint density at radius 2 is 1.76 bits per heavy atom. The number of rotatable bonds is 6. The molecular formula is C25H25F3N4O2. The zero-order valence-electron chi connectivity index (χ0n) is 18.7. The molecule has 0 bridgehead atoms. The minimum atomic E-state index is -4.48. The molecule has 0 atom stereocenters. The fourth-order valence-electron chi connectivity index (χ4n) is 4.29. The van der Waals surface area contributed by atoms with E-state index in [0.29, 0.717) is 29.6 Å². The highest BCUT2D eigenvalue weighted by molar-refractivity contribution is 5.69. The van der Waals surface area contributed by atoms with Crippen LogP contribution in [0.5, 0.6) is 0 Å². The van der Waals surface area contributed by atoms with E-state index >= 15 is 0 Å². The number of methoxy groups -OCH3 is 1. The fourth-order valence-corrected chi connectivity index (χ4v) is 4.29. The summed E-state index contributed by atoms with van der Waals surface area (Å²) in [6.07, 6.45) is 2.83. The molecule has 0 radical (unpaired) electrons. The number of nitrogens with one attached hydrogen (secondary N) is 1. The molecule has 9 heteroatoms. The first-order valence-electron chi connectivity index (χ1n) is 11.1. The van der Waals surface area contributed by atoms with E-state index in [1.54, 1.807) is 12.3 Å². The van der Waals surface area contributed by atoms with Crippen molar-refractivity contribution in [2.75, 3.05) is 12.4 Å². The van der Waals surface area contributed by atoms with Gasteiger partial charge in [-0.25, -0.2) is 15.0 Å². The first kappa shape index (κ1) is 23.7. The Balaban J connectivity index is 1.39. The van der Waals surface area contributed by atoms with Crippen LogP contribution in [0.2, 0.25) is 0 Å². The summed E-state index contributed by atoms with van der Waals surface area (Å²) < 4.78 is 42.8. The Bertz CT molecular complexity index is 1110. The van der Waals surface area contributed by atoms with Gasteiger partial charge in [-0.05, 0) is 61.3 Å². The van der Waals surface area contributed by atoms with Crippen LogP contribution in [0, 0.1) is 5.92 Å². The predicted octanol–water partition coefficient (Wildman–Crippen LogP) is 6.14. The van der Waals surface area contributed by atoms with E-state index in [0.717, 1.165) is 43.5 Å². The first-order chi connectivity index (χ1) is 16.3. The van der Waals surface area contributed by atoms with E-state index in [4.69, 9.17) is 4.74 Å². The van der Waals surface area contributed by atoms with Gasteiger partial charge in [-0.1, -0.05) is 24.3 Å². The topological polar surface area (TPSA) is 77.0 Å². The van der Waals surface area contributed by atoms with Crippen LogP contribution in [0.3, 0.4) is 0 Å². The number of hydrogen-bond acceptors (Lipinski definition) is 6. The van der Waals surface area contributed by atoms with Crippen LogP contribution in [-0.2, 0) is 15.7 Å². The van der Waals surface area contributed by atoms with Gasteiger partial charge >= 0.3 is 12.1 Å². The molecule has 34 heavy (non-hydrogen) atoms. The minimum Gasteiger partial charge on any atom is -0.469 e. The maximum Gasteiger partial charge on any atom is 0.433 e. The van der Waals surface area contributed by atoms with Gasteiger partial charge in [0.15, 0.2) is 0 Å². The second kappa shape index (κ2) is 10.2. The van der Waals surface area contributed by atoms with Crippen molar-refractivity contribution in [2.24, 2.45) is 5.92 Å². The Morgan fingerprint density at radius 1 is 1.03 bits per heavy atom. The maximum atomic E-state index is 12.7. The number of benzene rings is 1. The Kier molecular flexibility index (Phi) is 7.09. The Hall–Kier alpha value is -3.49. The average molecular weight is 470 g/mol. The van der Waals surface area contributed by atoms with Crippen molar-refractivity contribution in [1.29, 1.82) is 0 Å². The molecule has 1 aromatic carbocycles. The number of nitrogens with zero attached hydrogens (tertiary/aromatic N) is 3. The quantitative estimate of drug-likeness (QED) is 0.436. The molecule has 2 heterocycles. The van der Waals surface area contributed by atoms with Crippen LogP contribution in [0.1, 0.15) is 49.3 Å². The smallest absolute Gasteiger partial charge is 0.433 e. The minimum absolute atomic E-state index is 0.138. The summed E-state index contributed by atoms with van der Waals surface area (Å²) in [7, 11) is 1.43. The van der Waals surface area contributed by atoms with Crippen molar-refractivity contribution in [3.05, 3.63) is 66.1 Å². The van der Waals surface area contributed by atoms with E-state index in [-0.39, 0.29) is 11.9 Å². The summed E-state index contributed by atoms with van der Waals surface area (Å²) in [5, 5.41) is 2.89. The lowest BCUT2D eigenvalue weighted by Gasteiger charge is -2.28. The van der Waals surface area contributed by atoms with Crippen molar-refractivity contribution >= 4 is 17.6 Å². The third kappa shape index (κ3) is 5.89. The second-order valence-electron chi connectivity index (χ2n) is 8.44. The van der Waals surface area contributed by atoms with Gasteiger partial charge in [0.1, 0.15) is 5.69 Å². The van der Waals surface area contributed by atoms with Gasteiger partial charge in [0.05, 0.1) is 24.7 Å². The van der Waals surface area contributed by atoms with Crippen molar-refractivity contribution in [1.82, 2.24) is 15.0 Å². The van der Waals surface area contributed by atoms with Gasteiger partial charge in [0.25, 0.3) is 0 Å². The second-order valence-corrected chi connectivity index (χ2v) is 8.44. The highest BCUT2D eigenvalue weighted by atomic mass is 19.4. The van der Waals surface area contributed by atoms with Crippen LogP contribution >= 0.6 is 0 Å². The van der Waals surface area contributed by atoms with Crippen molar-refractivity contribution in [2.45, 2.75) is 44.2 Å². The molecule has 0 spiro atoms. The van der Waals surface area contributed by atoms with Gasteiger partial charge in [-0.15, -0.1) is 0 Å². The van der Waals surface area contributed by atoms with Crippen LogP contribution in [0.4, 0.5) is 24.8 Å². The van der Waals surface area contributed by atoms with E-state index in [9.17, 15) is 18.0 Å². The molecule has 6 nitrogen and oxygen atoms in total. The summed E-state index contributed by atoms with van der Waals surface area (Å²) in [6.45, 7) is 0. The maximum absolute atomic E-state index is 12.7. The van der Waals surface area contributed by atoms with E-state index in [1.807, 2.05) is 12.1 Å². The third-order valence-corrected chi connectivity index (χ3v) is 6.17. The standard InChI is InChI=1S/C25H25F3N4O2/c1-34-23(33)14-16-2-4-17(5-3-16)18-6-8-19(9-7-18)21-12-13-29-24(32-21)31-20-10-11-22(30-15-20)25(26,27)28/h6-13,15-17H,2-5,14H2,1H3,(H,29,31,32). The largest absolute Gasteiger partial charge is 0.469 e. The zero-order chi connectivity index (χ0) is 24.1. The zero-order valence-corrected chi connectivity index (χ0v) is 18.7. The first-order valence-corrected chi connectivity index (χ1v) is 11.1. The molecule has 1 N–H and O–H groups in total. The van der Waals surface area contributed by atoms with Gasteiger partial charge in [0, 0.05) is 18.2 Å². The molecule has 1 aliphatic rings. The lowest BCUT2D eigenvalue weighted by molar-refractivity contribution is -0.142. The summed E-state index contributed by atoms with van der Waals surface area (Å²) in [4.78, 5) is 23.6. The number of carbonyl (C=O) groups is 1. The lowest BCUT2D eigenvalue weighted by Crippen LogP contribution is -2.17. The number of carbonyl (C=O) groups excluding carboxylic acids is 1. The van der Waals surface area contributed by atoms with E-state index in [1.165, 1.54) is 18.7 Å². The molecule has 0 unspecified atom stereocenters. The summed E-state index contributed by atoms with van der Waals surface area (Å²) in [6, 6.07) is 12.2. The predicted molar refractivity (Wildman–Crippen MR) is 121 cm³/mol. The summed E-state index contributed by atoms with van der Waals surface area (Å²) in [5.41, 5.74) is 2.29. The van der Waals surface area contributed by atoms with Crippen LogP contribution in [0.25, 0.3) is 11.3 Å². The average Bonchev–Trinajstić information content (AvgIpc) is 2.84. The summed E-state index contributed by atoms with van der Waals surface area (Å²) >= 11 is 0. The molecule has 0 amide bonds. The highest BCUT2D eigenvalue weighted by Crippen LogP contribution is 2.37.